The molecule has 0 radical (unpaired) electrons. The fourth-order valence-corrected chi connectivity index (χ4v) is 2.42. The van der Waals surface area contributed by atoms with Gasteiger partial charge in [-0.05, 0) is 24.6 Å². The summed E-state index contributed by atoms with van der Waals surface area (Å²) < 4.78 is 34.5. The Morgan fingerprint density at radius 1 is 1.37 bits per heavy atom. The summed E-state index contributed by atoms with van der Waals surface area (Å²) in [5, 5.41) is 0.368. The maximum Gasteiger partial charge on any atom is 0.387 e. The second-order valence-corrected chi connectivity index (χ2v) is 4.96. The van der Waals surface area contributed by atoms with Gasteiger partial charge in [-0.25, -0.2) is 0 Å². The first-order chi connectivity index (χ1) is 8.97. The number of hydrogen-bond donors (Lipinski definition) is 0. The van der Waals surface area contributed by atoms with Gasteiger partial charge in [-0.1, -0.05) is 31.9 Å². The van der Waals surface area contributed by atoms with Crippen molar-refractivity contribution in [2.75, 3.05) is 6.61 Å². The number of hydrogen-bond acceptors (Lipinski definition) is 3. The van der Waals surface area contributed by atoms with Crippen LogP contribution in [0.25, 0.3) is 0 Å². The van der Waals surface area contributed by atoms with Crippen molar-refractivity contribution in [3.05, 3.63) is 27.7 Å². The van der Waals surface area contributed by atoms with Crippen LogP contribution >= 0.6 is 31.9 Å². The lowest BCUT2D eigenvalue weighted by Gasteiger charge is -2.13. The number of ether oxygens (including phenoxy) is 2. The Kier molecular flexibility index (Phi) is 6.71. The van der Waals surface area contributed by atoms with E-state index < -0.39 is 12.6 Å². The van der Waals surface area contributed by atoms with E-state index in [4.69, 9.17) is 4.74 Å². The van der Waals surface area contributed by atoms with E-state index in [1.54, 1.807) is 13.0 Å². The molecule has 0 aliphatic carbocycles. The van der Waals surface area contributed by atoms with Crippen LogP contribution in [-0.2, 0) is 21.3 Å². The largest absolute Gasteiger partial charge is 0.466 e. The van der Waals surface area contributed by atoms with Gasteiger partial charge in [0.2, 0.25) is 0 Å². The first kappa shape index (κ1) is 16.4. The van der Waals surface area contributed by atoms with Crippen molar-refractivity contribution in [1.29, 1.82) is 0 Å². The zero-order valence-corrected chi connectivity index (χ0v) is 13.3. The van der Waals surface area contributed by atoms with Crippen LogP contribution in [0.15, 0.2) is 16.6 Å². The van der Waals surface area contributed by atoms with E-state index in [2.05, 4.69) is 36.6 Å². The predicted molar refractivity (Wildman–Crippen MR) is 73.7 cm³/mol. The average molecular weight is 402 g/mol. The lowest BCUT2D eigenvalue weighted by atomic mass is 10.1. The molecule has 0 aliphatic heterocycles. The van der Waals surface area contributed by atoms with Gasteiger partial charge in [-0.15, -0.1) is 0 Å². The minimum Gasteiger partial charge on any atom is -0.466 e. The van der Waals surface area contributed by atoms with Crippen LogP contribution < -0.4 is 4.74 Å². The topological polar surface area (TPSA) is 35.5 Å². The minimum absolute atomic E-state index is 0.00339. The molecule has 0 saturated carbocycles. The van der Waals surface area contributed by atoms with Crippen LogP contribution in [0, 0.1) is 0 Å². The van der Waals surface area contributed by atoms with Crippen molar-refractivity contribution in [3.63, 3.8) is 0 Å². The van der Waals surface area contributed by atoms with Crippen LogP contribution in [0.4, 0.5) is 8.78 Å². The molecule has 106 valence electrons. The molecule has 1 rings (SSSR count). The number of benzene rings is 1. The molecule has 0 bridgehead atoms. The number of rotatable bonds is 6. The molecule has 0 N–H and O–H groups in total. The van der Waals surface area contributed by atoms with E-state index in [0.29, 0.717) is 20.9 Å². The minimum atomic E-state index is -2.91. The van der Waals surface area contributed by atoms with E-state index in [1.165, 1.54) is 6.07 Å². The Labute approximate surface area is 126 Å². The first-order valence-corrected chi connectivity index (χ1v) is 7.37. The van der Waals surface area contributed by atoms with Crippen molar-refractivity contribution < 1.29 is 23.0 Å². The van der Waals surface area contributed by atoms with Gasteiger partial charge in [0.1, 0.15) is 5.75 Å². The fourth-order valence-electron chi connectivity index (χ4n) is 1.45. The summed E-state index contributed by atoms with van der Waals surface area (Å²) in [6.07, 6.45) is -0.00339. The average Bonchev–Trinajstić information content (AvgIpc) is 2.32. The summed E-state index contributed by atoms with van der Waals surface area (Å²) in [5.41, 5.74) is 1.11. The van der Waals surface area contributed by atoms with Crippen LogP contribution in [0.5, 0.6) is 5.75 Å². The van der Waals surface area contributed by atoms with Crippen molar-refractivity contribution in [2.24, 2.45) is 0 Å². The second-order valence-electron chi connectivity index (χ2n) is 3.55. The summed E-state index contributed by atoms with van der Waals surface area (Å²) in [5.74, 6) is -0.368. The molecule has 0 atom stereocenters. The quantitative estimate of drug-likeness (QED) is 0.532. The van der Waals surface area contributed by atoms with E-state index in [-0.39, 0.29) is 18.8 Å². The highest BCUT2D eigenvalue weighted by atomic mass is 79.9. The maximum atomic E-state index is 12.3. The smallest absolute Gasteiger partial charge is 0.387 e. The van der Waals surface area contributed by atoms with Gasteiger partial charge in [0.25, 0.3) is 0 Å². The third kappa shape index (κ3) is 5.06. The number of carbonyl (C=O) groups is 1. The van der Waals surface area contributed by atoms with Gasteiger partial charge in [0.15, 0.2) is 0 Å². The second kappa shape index (κ2) is 7.79. The molecule has 1 aromatic rings. The highest BCUT2D eigenvalue weighted by Gasteiger charge is 2.15. The summed E-state index contributed by atoms with van der Waals surface area (Å²) in [6, 6.07) is 3.06. The molecule has 0 amide bonds. The molecule has 1 aromatic carbocycles. The Hall–Kier alpha value is -0.690. The zero-order valence-electron chi connectivity index (χ0n) is 10.1. The van der Waals surface area contributed by atoms with E-state index in [0.717, 1.165) is 0 Å². The molecular weight excluding hydrogens is 390 g/mol. The fraction of sp³-hybridized carbons (Fsp3) is 0.417. The first-order valence-electron chi connectivity index (χ1n) is 5.45. The van der Waals surface area contributed by atoms with Gasteiger partial charge in [0, 0.05) is 15.4 Å². The summed E-state index contributed by atoms with van der Waals surface area (Å²) in [7, 11) is 0. The van der Waals surface area contributed by atoms with Gasteiger partial charge in [0.05, 0.1) is 13.0 Å². The van der Waals surface area contributed by atoms with Crippen molar-refractivity contribution in [1.82, 2.24) is 0 Å². The summed E-state index contributed by atoms with van der Waals surface area (Å²) in [6.45, 7) is -0.933. The SMILES string of the molecule is CCOC(=O)Cc1cc(OC(F)F)c(CBr)cc1Br. The highest BCUT2D eigenvalue weighted by Crippen LogP contribution is 2.30. The number of alkyl halides is 3. The van der Waals surface area contributed by atoms with Gasteiger partial charge in [-0.2, -0.15) is 8.78 Å². The molecule has 0 saturated heterocycles. The summed E-state index contributed by atoms with van der Waals surface area (Å²) >= 11 is 6.49. The predicted octanol–water partition coefficient (Wildman–Crippen LogP) is 4.05. The van der Waals surface area contributed by atoms with E-state index >= 15 is 0 Å². The van der Waals surface area contributed by atoms with E-state index in [1.807, 2.05) is 0 Å². The molecule has 0 heterocycles. The molecule has 0 unspecified atom stereocenters. The highest BCUT2D eigenvalue weighted by molar-refractivity contribution is 9.10. The number of halogens is 4. The van der Waals surface area contributed by atoms with Gasteiger partial charge in [-0.3, -0.25) is 4.79 Å². The molecule has 0 spiro atoms. The van der Waals surface area contributed by atoms with Crippen LogP contribution in [0.1, 0.15) is 18.1 Å². The van der Waals surface area contributed by atoms with Gasteiger partial charge < -0.3 is 9.47 Å². The monoisotopic (exact) mass is 400 g/mol. The Balaban J connectivity index is 3.01. The Bertz CT molecular complexity index is 453. The zero-order chi connectivity index (χ0) is 14.4. The normalized spacial score (nSPS) is 10.6. The summed E-state index contributed by atoms with van der Waals surface area (Å²) in [4.78, 5) is 11.4. The van der Waals surface area contributed by atoms with Crippen molar-refractivity contribution in [3.8, 4) is 5.75 Å². The lowest BCUT2D eigenvalue weighted by molar-refractivity contribution is -0.142. The number of esters is 1. The third-order valence-electron chi connectivity index (χ3n) is 2.23. The number of carbonyl (C=O) groups excluding carboxylic acids is 1. The van der Waals surface area contributed by atoms with Gasteiger partial charge >= 0.3 is 12.6 Å². The Morgan fingerprint density at radius 2 is 2.05 bits per heavy atom. The molecular formula is C12H12Br2F2O3. The van der Waals surface area contributed by atoms with Crippen LogP contribution in [0.3, 0.4) is 0 Å². The van der Waals surface area contributed by atoms with Crippen molar-refractivity contribution >= 4 is 37.8 Å². The molecule has 0 fully saturated rings. The molecule has 0 aromatic heterocycles. The maximum absolute atomic E-state index is 12.3. The van der Waals surface area contributed by atoms with Crippen LogP contribution in [-0.4, -0.2) is 19.2 Å². The third-order valence-corrected chi connectivity index (χ3v) is 3.57. The van der Waals surface area contributed by atoms with Crippen LogP contribution in [0.2, 0.25) is 0 Å². The molecule has 19 heavy (non-hydrogen) atoms. The Morgan fingerprint density at radius 3 is 2.58 bits per heavy atom. The molecule has 0 aliphatic rings. The van der Waals surface area contributed by atoms with Crippen molar-refractivity contribution in [2.45, 2.75) is 25.3 Å². The molecule has 3 nitrogen and oxygen atoms in total. The standard InChI is InChI=1S/C12H12Br2F2O3/c1-2-18-11(17)5-7-4-10(19-12(15)16)8(6-13)3-9(7)14/h3-4,12H,2,5-6H2,1H3. The van der Waals surface area contributed by atoms with E-state index in [9.17, 15) is 13.6 Å². The molecule has 7 heteroatoms. The lowest BCUT2D eigenvalue weighted by Crippen LogP contribution is -2.09.